The van der Waals surface area contributed by atoms with E-state index in [1.165, 1.54) is 16.7 Å². The standard InChI is InChI=1S/C24H25O2Si/c1-2-24(25)26-27(18-21-12-6-3-7-13-21,19-22-14-8-4-9-15-22)20-23-16-10-5-11-17-23/h3-17H,1-2,18-20H2. The second-order valence-electron chi connectivity index (χ2n) is 6.89. The average Bonchev–Trinajstić information content (AvgIpc) is 2.70. The first-order valence-corrected chi connectivity index (χ1v) is 11.8. The van der Waals surface area contributed by atoms with Crippen molar-refractivity contribution < 1.29 is 9.22 Å². The van der Waals surface area contributed by atoms with Gasteiger partial charge in [0.15, 0.2) is 0 Å². The molecule has 0 aliphatic heterocycles. The summed E-state index contributed by atoms with van der Waals surface area (Å²) in [7, 11) is -2.49. The average molecular weight is 374 g/mol. The third-order valence-corrected chi connectivity index (χ3v) is 8.46. The Labute approximate surface area is 163 Å². The maximum atomic E-state index is 12.3. The molecule has 0 atom stereocenters. The second kappa shape index (κ2) is 9.33. The van der Waals surface area contributed by atoms with Crippen LogP contribution < -0.4 is 0 Å². The number of rotatable bonds is 8. The zero-order valence-electron chi connectivity index (χ0n) is 15.5. The van der Waals surface area contributed by atoms with Crippen molar-refractivity contribution in [2.75, 3.05) is 0 Å². The van der Waals surface area contributed by atoms with E-state index in [9.17, 15) is 4.79 Å². The molecule has 0 unspecified atom stereocenters. The Morgan fingerprint density at radius 2 is 1.00 bits per heavy atom. The van der Waals surface area contributed by atoms with Gasteiger partial charge in [-0.15, -0.1) is 0 Å². The van der Waals surface area contributed by atoms with Gasteiger partial charge in [-0.1, -0.05) is 91.0 Å². The Hall–Kier alpha value is -2.65. The lowest BCUT2D eigenvalue weighted by atomic mass is 10.2. The first-order chi connectivity index (χ1) is 13.2. The van der Waals surface area contributed by atoms with E-state index in [4.69, 9.17) is 4.43 Å². The van der Waals surface area contributed by atoms with Crippen LogP contribution in [0.3, 0.4) is 0 Å². The molecular weight excluding hydrogens is 348 g/mol. The monoisotopic (exact) mass is 373 g/mol. The molecule has 0 amide bonds. The lowest BCUT2D eigenvalue weighted by Crippen LogP contribution is -2.48. The number of hydrogen-bond donors (Lipinski definition) is 0. The highest BCUT2D eigenvalue weighted by Gasteiger charge is 2.39. The number of hydrogen-bond acceptors (Lipinski definition) is 2. The van der Waals surface area contributed by atoms with Crippen LogP contribution in [-0.2, 0) is 27.4 Å². The fourth-order valence-corrected chi connectivity index (χ4v) is 7.61. The van der Waals surface area contributed by atoms with Gasteiger partial charge < -0.3 is 4.43 Å². The van der Waals surface area contributed by atoms with Crippen LogP contribution in [0.15, 0.2) is 91.0 Å². The molecule has 3 heteroatoms. The van der Waals surface area contributed by atoms with E-state index in [1.807, 2.05) is 54.6 Å². The lowest BCUT2D eigenvalue weighted by molar-refractivity contribution is -0.134. The van der Waals surface area contributed by atoms with Crippen LogP contribution in [0.1, 0.15) is 23.1 Å². The molecule has 3 aromatic rings. The van der Waals surface area contributed by atoms with E-state index in [0.29, 0.717) is 0 Å². The number of carbonyl (C=O) groups excluding carboxylic acids is 1. The van der Waals surface area contributed by atoms with Crippen molar-refractivity contribution in [3.05, 3.63) is 115 Å². The van der Waals surface area contributed by atoms with Crippen molar-refractivity contribution in [1.29, 1.82) is 0 Å². The Balaban J connectivity index is 1.99. The molecule has 0 N–H and O–H groups in total. The summed E-state index contributed by atoms with van der Waals surface area (Å²) in [5.74, 6) is -0.204. The molecule has 0 saturated carbocycles. The molecule has 1 radical (unpaired) electrons. The fourth-order valence-electron chi connectivity index (χ4n) is 3.49. The number of benzene rings is 3. The van der Waals surface area contributed by atoms with Gasteiger partial charge >= 0.3 is 0 Å². The highest BCUT2D eigenvalue weighted by atomic mass is 28.4. The summed E-state index contributed by atoms with van der Waals surface area (Å²) >= 11 is 0. The molecule has 0 fully saturated rings. The van der Waals surface area contributed by atoms with Crippen molar-refractivity contribution in [2.45, 2.75) is 24.6 Å². The molecule has 0 aliphatic carbocycles. The Morgan fingerprint density at radius 3 is 1.30 bits per heavy atom. The van der Waals surface area contributed by atoms with Gasteiger partial charge in [0.25, 0.3) is 14.3 Å². The fraction of sp³-hybridized carbons (Fsp3) is 0.167. The summed E-state index contributed by atoms with van der Waals surface area (Å²) in [6, 6.07) is 33.4. The highest BCUT2D eigenvalue weighted by Crippen LogP contribution is 2.24. The third kappa shape index (κ3) is 5.66. The summed E-state index contributed by atoms with van der Waals surface area (Å²) in [5, 5.41) is 0. The van der Waals surface area contributed by atoms with Crippen LogP contribution in [0.5, 0.6) is 0 Å². The van der Waals surface area contributed by atoms with Gasteiger partial charge in [0, 0.05) is 24.6 Å². The van der Waals surface area contributed by atoms with Gasteiger partial charge in [-0.2, -0.15) is 0 Å². The molecule has 0 heterocycles. The molecule has 0 aromatic heterocycles. The molecular formula is C24H25O2Si. The second-order valence-corrected chi connectivity index (χ2v) is 10.5. The Bertz CT molecular complexity index is 731. The van der Waals surface area contributed by atoms with Crippen LogP contribution in [0.4, 0.5) is 0 Å². The molecule has 27 heavy (non-hydrogen) atoms. The van der Waals surface area contributed by atoms with Crippen LogP contribution in [-0.4, -0.2) is 14.3 Å². The van der Waals surface area contributed by atoms with E-state index >= 15 is 0 Å². The summed E-state index contributed by atoms with van der Waals surface area (Å²) in [4.78, 5) is 12.3. The topological polar surface area (TPSA) is 26.3 Å². The molecule has 3 rings (SSSR count). The van der Waals surface area contributed by atoms with Crippen molar-refractivity contribution >= 4 is 14.3 Å². The van der Waals surface area contributed by atoms with E-state index < -0.39 is 8.32 Å². The minimum atomic E-state index is -2.49. The largest absolute Gasteiger partial charge is 0.518 e. The van der Waals surface area contributed by atoms with Crippen LogP contribution >= 0.6 is 0 Å². The summed E-state index contributed by atoms with van der Waals surface area (Å²) in [5.41, 5.74) is 3.65. The molecule has 0 spiro atoms. The van der Waals surface area contributed by atoms with Gasteiger partial charge in [-0.05, 0) is 23.6 Å². The molecule has 137 valence electrons. The van der Waals surface area contributed by atoms with Crippen LogP contribution in [0, 0.1) is 6.92 Å². The summed E-state index contributed by atoms with van der Waals surface area (Å²) in [6.07, 6.45) is 0.160. The zero-order valence-corrected chi connectivity index (χ0v) is 16.5. The normalized spacial score (nSPS) is 11.1. The van der Waals surface area contributed by atoms with Gasteiger partial charge in [-0.3, -0.25) is 4.79 Å². The molecule has 3 aromatic carbocycles. The summed E-state index contributed by atoms with van der Waals surface area (Å²) in [6.45, 7) is 3.74. The SMILES string of the molecule is [CH2]CC(=O)O[Si](Cc1ccccc1)(Cc1ccccc1)Cc1ccccc1. The lowest BCUT2D eigenvalue weighted by Gasteiger charge is -2.32. The Morgan fingerprint density at radius 1 is 0.667 bits per heavy atom. The van der Waals surface area contributed by atoms with Gasteiger partial charge in [0.2, 0.25) is 0 Å². The van der Waals surface area contributed by atoms with E-state index in [-0.39, 0.29) is 12.4 Å². The van der Waals surface area contributed by atoms with Gasteiger partial charge in [0.05, 0.1) is 0 Å². The first-order valence-electron chi connectivity index (χ1n) is 9.32. The number of carbonyl (C=O) groups is 1. The molecule has 0 aliphatic rings. The smallest absolute Gasteiger partial charge is 0.292 e. The zero-order chi connectivity index (χ0) is 19.0. The van der Waals surface area contributed by atoms with Gasteiger partial charge in [-0.25, -0.2) is 0 Å². The first kappa shape index (κ1) is 19.1. The van der Waals surface area contributed by atoms with Crippen molar-refractivity contribution in [3.63, 3.8) is 0 Å². The van der Waals surface area contributed by atoms with E-state index in [1.54, 1.807) is 0 Å². The van der Waals surface area contributed by atoms with Crippen LogP contribution in [0.2, 0.25) is 0 Å². The van der Waals surface area contributed by atoms with Gasteiger partial charge in [0.1, 0.15) is 0 Å². The van der Waals surface area contributed by atoms with Crippen molar-refractivity contribution in [1.82, 2.24) is 0 Å². The molecule has 0 bridgehead atoms. The summed E-state index contributed by atoms with van der Waals surface area (Å²) < 4.78 is 6.24. The molecule has 0 saturated heterocycles. The minimum Gasteiger partial charge on any atom is -0.518 e. The van der Waals surface area contributed by atoms with E-state index in [2.05, 4.69) is 43.3 Å². The maximum Gasteiger partial charge on any atom is 0.292 e. The molecule has 2 nitrogen and oxygen atoms in total. The van der Waals surface area contributed by atoms with Crippen molar-refractivity contribution in [3.8, 4) is 0 Å². The predicted molar refractivity (Wildman–Crippen MR) is 112 cm³/mol. The predicted octanol–water partition coefficient (Wildman–Crippen LogP) is 5.04. The van der Waals surface area contributed by atoms with E-state index in [0.717, 1.165) is 18.1 Å². The highest BCUT2D eigenvalue weighted by molar-refractivity contribution is 6.73. The minimum absolute atomic E-state index is 0.160. The van der Waals surface area contributed by atoms with Crippen LogP contribution in [0.25, 0.3) is 0 Å². The Kier molecular flexibility index (Phi) is 6.61. The van der Waals surface area contributed by atoms with Crippen molar-refractivity contribution in [2.24, 2.45) is 0 Å². The maximum absolute atomic E-state index is 12.3. The quantitative estimate of drug-likeness (QED) is 0.517. The third-order valence-electron chi connectivity index (χ3n) is 4.64.